The molecule has 548 valence electrons. The molecule has 0 saturated heterocycles. The highest BCUT2D eigenvalue weighted by Crippen LogP contribution is 2.23. The highest BCUT2D eigenvalue weighted by atomic mass is 32.1. The number of rotatable bonds is 37. The van der Waals surface area contributed by atoms with Crippen molar-refractivity contribution in [1.82, 2.24) is 67.7 Å². The largest absolute Gasteiger partial charge is 0.508 e. The number of phenolic OH excluding ortho intramolecular Hbond substituents is 1. The highest BCUT2D eigenvalue weighted by Gasteiger charge is 2.40. The van der Waals surface area contributed by atoms with E-state index >= 15 is 9.59 Å². The molecule has 10 amide bonds. The standard InChI is InChI=1S/C71H86N14O16S2/c1-37(2)59(83-65(94)52(29-44-32-74-50-21-12-11-20-48(44)50)79-64(93)53(31-58(88)89)77-61(90)38(3)76-62(91)49(72)34-102)68(97)82-56(35-103)66(95)78-51(26-41-22-24-46(87)25-23-41)63(92)80-54(28-43-18-13-17-42-16-9-10-19-47(42)43)70(99)85(5)57(30-45-33-73-36-75-45)67(96)84-60(39(4)86)69(98)81-55(71(100)101)27-40-14-7-6-8-15-40/h6-25,32-33,36-39,49,51-57,59-60,74,86-87,102-103H,26-31,34-35,72H2,1-5H3,(H,73,75)(H,76,91)(H,77,90)(H,78,95)(H,79,93)(H,80,92)(H,81,98)(H,82,97)(H,83,94)(H,84,96)(H,88,89)(H,100,101)/t38-,39+,49-,51-,52-,53-,54-,55-,56-,57-,59-,60-/m0/s1. The Balaban J connectivity index is 1.15. The SMILES string of the molecule is CC(C)[C@H](NC(=O)[C@H](Cc1c[nH]c2ccccc12)NC(=O)[C@H](CC(=O)O)NC(=O)[C@H](C)NC(=O)[C@@H](N)CS)C(=O)N[C@@H](CS)C(=O)N[C@@H](Cc1ccc(O)cc1)C(=O)N[C@@H](Cc1cccc2ccccc12)C(=O)N(C)[C@@H](Cc1cnc[nH]1)C(=O)N[C@H](C(=O)N[C@@H](Cc1ccccc1)C(=O)O)[C@@H](C)O. The Morgan fingerprint density at radius 3 is 1.67 bits per heavy atom. The molecule has 0 aliphatic heterocycles. The van der Waals surface area contributed by atoms with E-state index in [0.717, 1.165) is 10.3 Å². The normalized spacial score (nSPS) is 14.8. The smallest absolute Gasteiger partial charge is 0.326 e. The number of aliphatic hydroxyl groups is 1. The van der Waals surface area contributed by atoms with E-state index in [-0.39, 0.29) is 43.6 Å². The van der Waals surface area contributed by atoms with Crippen LogP contribution in [0, 0.1) is 5.92 Å². The number of aliphatic hydroxyl groups excluding tert-OH is 1. The third-order valence-corrected chi connectivity index (χ3v) is 17.8. The number of amides is 10. The van der Waals surface area contributed by atoms with Gasteiger partial charge in [-0.25, -0.2) is 9.78 Å². The van der Waals surface area contributed by atoms with Gasteiger partial charge in [-0.15, -0.1) is 0 Å². The molecule has 5 aromatic carbocycles. The minimum atomic E-state index is -1.81. The van der Waals surface area contributed by atoms with Crippen LogP contribution in [0.2, 0.25) is 0 Å². The van der Waals surface area contributed by atoms with Crippen LogP contribution in [-0.4, -0.2) is 202 Å². The summed E-state index contributed by atoms with van der Waals surface area (Å²) in [7, 11) is 1.28. The van der Waals surface area contributed by atoms with Crippen molar-refractivity contribution >= 4 is 118 Å². The fourth-order valence-electron chi connectivity index (χ4n) is 11.3. The van der Waals surface area contributed by atoms with Crippen molar-refractivity contribution in [2.45, 2.75) is 139 Å². The Bertz CT molecular complexity index is 4140. The average molecular weight is 1460 g/mol. The van der Waals surface area contributed by atoms with E-state index in [4.69, 9.17) is 5.73 Å². The van der Waals surface area contributed by atoms with Crippen molar-refractivity contribution in [1.29, 1.82) is 0 Å². The molecule has 0 spiro atoms. The minimum Gasteiger partial charge on any atom is -0.508 e. The summed E-state index contributed by atoms with van der Waals surface area (Å²) >= 11 is 8.40. The number of imidazole rings is 1. The Labute approximate surface area is 603 Å². The van der Waals surface area contributed by atoms with Gasteiger partial charge in [0.15, 0.2) is 0 Å². The lowest BCUT2D eigenvalue weighted by Gasteiger charge is -2.33. The van der Waals surface area contributed by atoms with Crippen LogP contribution in [0.15, 0.2) is 140 Å². The number of aromatic nitrogens is 3. The Kier molecular flexibility index (Phi) is 29.1. The molecule has 0 unspecified atom stereocenters. The van der Waals surface area contributed by atoms with E-state index in [1.807, 2.05) is 18.2 Å². The van der Waals surface area contributed by atoms with Crippen LogP contribution in [0.25, 0.3) is 21.7 Å². The molecule has 0 fully saturated rings. The molecule has 2 aromatic heterocycles. The number of aromatic hydroxyl groups is 1. The number of phenols is 1. The predicted molar refractivity (Wildman–Crippen MR) is 386 cm³/mol. The van der Waals surface area contributed by atoms with Crippen molar-refractivity contribution < 1.29 is 78.0 Å². The van der Waals surface area contributed by atoms with Gasteiger partial charge in [0.2, 0.25) is 59.1 Å². The summed E-state index contributed by atoms with van der Waals surface area (Å²) in [5.74, 6) is -13.9. The van der Waals surface area contributed by atoms with Crippen LogP contribution in [-0.2, 0) is 89.6 Å². The first-order valence-corrected chi connectivity index (χ1v) is 34.2. The van der Waals surface area contributed by atoms with Gasteiger partial charge in [-0.3, -0.25) is 52.7 Å². The number of para-hydroxylation sites is 1. The van der Waals surface area contributed by atoms with Gasteiger partial charge >= 0.3 is 11.9 Å². The molecule has 30 nitrogen and oxygen atoms in total. The second-order valence-corrected chi connectivity index (χ2v) is 25.9. The molecule has 7 aromatic rings. The summed E-state index contributed by atoms with van der Waals surface area (Å²) in [4.78, 5) is 179. The van der Waals surface area contributed by atoms with E-state index in [2.05, 4.69) is 88.1 Å². The van der Waals surface area contributed by atoms with E-state index in [0.29, 0.717) is 44.2 Å². The number of carbonyl (C=O) groups excluding carboxylic acids is 10. The highest BCUT2D eigenvalue weighted by molar-refractivity contribution is 7.80. The van der Waals surface area contributed by atoms with Crippen LogP contribution >= 0.6 is 25.3 Å². The Morgan fingerprint density at radius 1 is 0.505 bits per heavy atom. The zero-order chi connectivity index (χ0) is 75.2. The van der Waals surface area contributed by atoms with Gasteiger partial charge in [0.05, 0.1) is 24.9 Å². The molecule has 0 bridgehead atoms. The monoisotopic (exact) mass is 1450 g/mol. The van der Waals surface area contributed by atoms with Gasteiger partial charge in [-0.1, -0.05) is 117 Å². The molecule has 2 heterocycles. The topological polar surface area (TPSA) is 468 Å². The lowest BCUT2D eigenvalue weighted by molar-refractivity contribution is -0.144. The average Bonchev–Trinajstić information content (AvgIpc) is 1.74. The number of thiol groups is 2. The second-order valence-electron chi connectivity index (χ2n) is 25.2. The lowest BCUT2D eigenvalue weighted by atomic mass is 9.96. The fraction of sp³-hybridized carbons (Fsp3) is 0.366. The van der Waals surface area contributed by atoms with Crippen LogP contribution in [0.1, 0.15) is 62.1 Å². The summed E-state index contributed by atoms with van der Waals surface area (Å²) in [6.07, 6.45) is 0.501. The van der Waals surface area contributed by atoms with E-state index in [9.17, 15) is 68.4 Å². The number of hydrogen-bond acceptors (Lipinski definition) is 18. The van der Waals surface area contributed by atoms with Gasteiger partial charge in [-0.05, 0) is 71.0 Å². The van der Waals surface area contributed by atoms with Crippen LogP contribution in [0.3, 0.4) is 0 Å². The number of aromatic amines is 2. The van der Waals surface area contributed by atoms with Gasteiger partial charge in [0.25, 0.3) is 0 Å². The third kappa shape index (κ3) is 22.6. The van der Waals surface area contributed by atoms with Gasteiger partial charge in [-0.2, -0.15) is 25.3 Å². The molecule has 32 heteroatoms. The number of likely N-dealkylation sites (N-methyl/N-ethyl adjacent to an activating group) is 1. The number of nitrogens with one attached hydrogen (secondary N) is 11. The number of nitrogens with two attached hydrogens (primary N) is 1. The first-order chi connectivity index (χ1) is 49.0. The number of carboxylic acids is 2. The summed E-state index contributed by atoms with van der Waals surface area (Å²) in [5.41, 5.74) is 8.75. The molecule has 7 rings (SSSR count). The maximum atomic E-state index is 15.5. The summed E-state index contributed by atoms with van der Waals surface area (Å²) in [5, 5.41) is 66.3. The molecule has 0 aliphatic carbocycles. The molecule has 0 aliphatic rings. The maximum absolute atomic E-state index is 15.5. The summed E-state index contributed by atoms with van der Waals surface area (Å²) in [6.45, 7) is 5.63. The zero-order valence-corrected chi connectivity index (χ0v) is 58.8. The molecular formula is C71H86N14O16S2. The molecule has 12 atom stereocenters. The van der Waals surface area contributed by atoms with E-state index < -0.39 is 162 Å². The molecule has 103 heavy (non-hydrogen) atoms. The minimum absolute atomic E-state index is 0.0665. The Hall–Kier alpha value is -10.8. The number of aliphatic carboxylic acids is 2. The molecule has 17 N–H and O–H groups in total. The quantitative estimate of drug-likeness (QED) is 0.0232. The lowest BCUT2D eigenvalue weighted by Crippen LogP contribution is -2.62. The van der Waals surface area contributed by atoms with Crippen LogP contribution < -0.4 is 53.6 Å². The number of hydrogen-bond donors (Lipinski definition) is 18. The number of benzene rings is 5. The first kappa shape index (κ1) is 79.5. The predicted octanol–water partition coefficient (Wildman–Crippen LogP) is 0.256. The van der Waals surface area contributed by atoms with Gasteiger partial charge in [0.1, 0.15) is 66.2 Å². The number of nitrogens with zero attached hydrogens (tertiary/aromatic N) is 2. The van der Waals surface area contributed by atoms with E-state index in [1.165, 1.54) is 57.7 Å². The van der Waals surface area contributed by atoms with Crippen molar-refractivity contribution in [3.05, 3.63) is 168 Å². The van der Waals surface area contributed by atoms with Crippen LogP contribution in [0.5, 0.6) is 5.75 Å². The number of fused-ring (bicyclic) bond motifs is 2. The Morgan fingerprint density at radius 2 is 1.04 bits per heavy atom. The van der Waals surface area contributed by atoms with E-state index in [1.54, 1.807) is 98.9 Å². The molecule has 0 radical (unpaired) electrons. The van der Waals surface area contributed by atoms with Gasteiger partial charge in [0, 0.05) is 79.6 Å². The van der Waals surface area contributed by atoms with Crippen LogP contribution in [0.4, 0.5) is 0 Å². The molecular weight excluding hydrogens is 1370 g/mol. The van der Waals surface area contributed by atoms with Crippen molar-refractivity contribution in [3.63, 3.8) is 0 Å². The van der Waals surface area contributed by atoms with Crippen molar-refractivity contribution in [2.75, 3.05) is 18.6 Å². The third-order valence-electron chi connectivity index (χ3n) is 17.1. The second kappa shape index (κ2) is 37.7. The number of H-pyrrole nitrogens is 2. The summed E-state index contributed by atoms with van der Waals surface area (Å²) in [6, 6.07) is 16.8. The van der Waals surface area contributed by atoms with Gasteiger partial charge < -0.3 is 88.9 Å². The summed E-state index contributed by atoms with van der Waals surface area (Å²) < 4.78 is 0. The zero-order valence-electron chi connectivity index (χ0n) is 57.0. The number of carboxylic acid groups (broad SMARTS) is 2. The van der Waals surface area contributed by atoms with Crippen molar-refractivity contribution in [3.8, 4) is 5.75 Å². The molecule has 0 saturated carbocycles. The first-order valence-electron chi connectivity index (χ1n) is 33.0. The maximum Gasteiger partial charge on any atom is 0.326 e. The van der Waals surface area contributed by atoms with Crippen molar-refractivity contribution in [2.24, 2.45) is 11.7 Å². The number of carbonyl (C=O) groups is 12. The fourth-order valence-corrected chi connectivity index (χ4v) is 11.7.